The van der Waals surface area contributed by atoms with Crippen molar-refractivity contribution in [3.63, 3.8) is 0 Å². The Hall–Kier alpha value is -2.57. The zero-order valence-corrected chi connectivity index (χ0v) is 20.1. The van der Waals surface area contributed by atoms with Crippen LogP contribution in [-0.4, -0.2) is 57.7 Å². The summed E-state index contributed by atoms with van der Waals surface area (Å²) >= 11 is 0. The normalized spacial score (nSPS) is 11.2. The van der Waals surface area contributed by atoms with Gasteiger partial charge in [0, 0.05) is 18.4 Å². The van der Waals surface area contributed by atoms with Crippen molar-refractivity contribution in [1.29, 1.82) is 0 Å². The van der Waals surface area contributed by atoms with E-state index in [9.17, 15) is 9.59 Å². The molecule has 0 aliphatic heterocycles. The maximum atomic E-state index is 12.7. The lowest BCUT2D eigenvalue weighted by molar-refractivity contribution is -0.140. The highest BCUT2D eigenvalue weighted by atomic mass is 35.5. The van der Waals surface area contributed by atoms with Crippen molar-refractivity contribution < 1.29 is 19.1 Å². The molecule has 1 amide bonds. The van der Waals surface area contributed by atoms with Gasteiger partial charge in [-0.25, -0.2) is 0 Å². The van der Waals surface area contributed by atoms with Gasteiger partial charge in [0.2, 0.25) is 5.91 Å². The predicted molar refractivity (Wildman–Crippen MR) is 131 cm³/mol. The number of hydrogen-bond acceptors (Lipinski definition) is 5. The lowest BCUT2D eigenvalue weighted by Gasteiger charge is -2.14. The Morgan fingerprint density at radius 3 is 2.53 bits per heavy atom. The molecule has 1 N–H and O–H groups in total. The van der Waals surface area contributed by atoms with Crippen LogP contribution >= 0.6 is 12.4 Å². The van der Waals surface area contributed by atoms with Crippen LogP contribution in [0.2, 0.25) is 0 Å². The van der Waals surface area contributed by atoms with Gasteiger partial charge in [0.05, 0.1) is 12.7 Å². The summed E-state index contributed by atoms with van der Waals surface area (Å²) in [4.78, 5) is 26.1. The second kappa shape index (κ2) is 15.3. The monoisotopic (exact) mass is 462 g/mol. The van der Waals surface area contributed by atoms with Crippen LogP contribution in [-0.2, 0) is 14.3 Å². The molecule has 0 atom stereocenters. The number of rotatable bonds is 13. The summed E-state index contributed by atoms with van der Waals surface area (Å²) in [7, 11) is 5.42. The van der Waals surface area contributed by atoms with E-state index in [0.29, 0.717) is 25.0 Å². The first kappa shape index (κ1) is 27.5. The smallest absolute Gasteiger partial charge is 0.305 e. The summed E-state index contributed by atoms with van der Waals surface area (Å²) in [6.07, 6.45) is 5.43. The molecule has 0 saturated heterocycles. The number of halogens is 1. The molecule has 2 rings (SSSR count). The molecule has 32 heavy (non-hydrogen) atoms. The molecule has 0 radical (unpaired) electrons. The van der Waals surface area contributed by atoms with Crippen molar-refractivity contribution in [2.24, 2.45) is 0 Å². The van der Waals surface area contributed by atoms with Crippen molar-refractivity contribution in [2.75, 3.05) is 40.9 Å². The number of benzene rings is 2. The SMILES string of the molecule is COC(=O)CCCC/C=C(\COc1cccc2ccccc12)C(=O)NCCCN(C)C.Cl. The van der Waals surface area contributed by atoms with E-state index in [-0.39, 0.29) is 30.9 Å². The van der Waals surface area contributed by atoms with Crippen LogP contribution in [0.4, 0.5) is 0 Å². The molecule has 0 aliphatic rings. The molecule has 7 heteroatoms. The van der Waals surface area contributed by atoms with Gasteiger partial charge in [0.25, 0.3) is 0 Å². The van der Waals surface area contributed by atoms with E-state index in [4.69, 9.17) is 4.74 Å². The van der Waals surface area contributed by atoms with Crippen molar-refractivity contribution in [2.45, 2.75) is 32.1 Å². The van der Waals surface area contributed by atoms with Gasteiger partial charge in [0.15, 0.2) is 0 Å². The van der Waals surface area contributed by atoms with Crippen molar-refractivity contribution in [3.05, 3.63) is 54.1 Å². The lowest BCUT2D eigenvalue weighted by Crippen LogP contribution is -2.30. The van der Waals surface area contributed by atoms with Gasteiger partial charge in [-0.1, -0.05) is 42.5 Å². The zero-order chi connectivity index (χ0) is 22.5. The number of allylic oxidation sites excluding steroid dienone is 1. The van der Waals surface area contributed by atoms with Crippen LogP contribution in [0.25, 0.3) is 10.8 Å². The van der Waals surface area contributed by atoms with Crippen LogP contribution in [0.3, 0.4) is 0 Å². The van der Waals surface area contributed by atoms with Crippen LogP contribution in [0, 0.1) is 0 Å². The first-order chi connectivity index (χ1) is 15.0. The molecular weight excluding hydrogens is 428 g/mol. The van der Waals surface area contributed by atoms with Gasteiger partial charge in [-0.3, -0.25) is 9.59 Å². The number of nitrogens with one attached hydrogen (secondary N) is 1. The number of carbonyl (C=O) groups is 2. The van der Waals surface area contributed by atoms with E-state index in [1.807, 2.05) is 62.6 Å². The average Bonchev–Trinajstić information content (AvgIpc) is 2.78. The minimum Gasteiger partial charge on any atom is -0.488 e. The molecule has 2 aromatic rings. The summed E-state index contributed by atoms with van der Waals surface area (Å²) in [5, 5.41) is 5.11. The van der Waals surface area contributed by atoms with E-state index >= 15 is 0 Å². The second-order valence-electron chi connectivity index (χ2n) is 7.73. The number of esters is 1. The van der Waals surface area contributed by atoms with Gasteiger partial charge < -0.3 is 19.7 Å². The van der Waals surface area contributed by atoms with Crippen LogP contribution < -0.4 is 10.1 Å². The summed E-state index contributed by atoms with van der Waals surface area (Å²) in [6.45, 7) is 1.73. The number of amides is 1. The Morgan fingerprint density at radius 2 is 1.78 bits per heavy atom. The molecule has 2 aromatic carbocycles. The van der Waals surface area contributed by atoms with Crippen molar-refractivity contribution in [3.8, 4) is 5.75 Å². The lowest BCUT2D eigenvalue weighted by atomic mass is 10.1. The van der Waals surface area contributed by atoms with Gasteiger partial charge in [-0.2, -0.15) is 0 Å². The number of ether oxygens (including phenoxy) is 2. The number of methoxy groups -OCH3 is 1. The van der Waals surface area contributed by atoms with E-state index in [1.54, 1.807) is 0 Å². The highest BCUT2D eigenvalue weighted by Gasteiger charge is 2.11. The molecule has 0 saturated carbocycles. The Balaban J connectivity index is 0.00000512. The Bertz CT molecular complexity index is 878. The third-order valence-corrected chi connectivity index (χ3v) is 4.95. The number of fused-ring (bicyclic) bond motifs is 1. The molecule has 6 nitrogen and oxygen atoms in total. The fraction of sp³-hybridized carbons (Fsp3) is 0.440. The third-order valence-electron chi connectivity index (χ3n) is 4.95. The predicted octanol–water partition coefficient (Wildman–Crippen LogP) is 4.37. The topological polar surface area (TPSA) is 67.9 Å². The Labute approximate surface area is 197 Å². The molecule has 0 heterocycles. The van der Waals surface area contributed by atoms with Gasteiger partial charge >= 0.3 is 5.97 Å². The first-order valence-electron chi connectivity index (χ1n) is 10.8. The van der Waals surface area contributed by atoms with Gasteiger partial charge in [-0.05, 0) is 57.8 Å². The largest absolute Gasteiger partial charge is 0.488 e. The van der Waals surface area contributed by atoms with Gasteiger partial charge in [-0.15, -0.1) is 12.4 Å². The standard InChI is InChI=1S/C25H34N2O4.ClH/c1-27(2)18-10-17-26-25(29)21(12-5-4-6-16-24(28)30-3)19-31-23-15-9-13-20-11-7-8-14-22(20)23;/h7-9,11-15H,4-6,10,16-19H2,1-3H3,(H,26,29);1H/b21-12+;. The van der Waals surface area contributed by atoms with Crippen molar-refractivity contribution in [1.82, 2.24) is 10.2 Å². The number of unbranched alkanes of at least 4 members (excludes halogenated alkanes) is 2. The quantitative estimate of drug-likeness (QED) is 0.272. The summed E-state index contributed by atoms with van der Waals surface area (Å²) in [5.74, 6) is 0.448. The molecule has 0 aromatic heterocycles. The summed E-state index contributed by atoms with van der Waals surface area (Å²) < 4.78 is 10.7. The van der Waals surface area contributed by atoms with E-state index in [0.717, 1.165) is 42.3 Å². The fourth-order valence-corrected chi connectivity index (χ4v) is 3.20. The van der Waals surface area contributed by atoms with E-state index in [1.165, 1.54) is 7.11 Å². The molecule has 0 fully saturated rings. The Morgan fingerprint density at radius 1 is 1.03 bits per heavy atom. The summed E-state index contributed by atoms with van der Waals surface area (Å²) in [6, 6.07) is 13.9. The fourth-order valence-electron chi connectivity index (χ4n) is 3.20. The maximum absolute atomic E-state index is 12.7. The van der Waals surface area contributed by atoms with E-state index < -0.39 is 0 Å². The Kier molecular flexibility index (Phi) is 13.1. The van der Waals surface area contributed by atoms with Crippen LogP contribution in [0.5, 0.6) is 5.75 Å². The van der Waals surface area contributed by atoms with Gasteiger partial charge in [0.1, 0.15) is 12.4 Å². The van der Waals surface area contributed by atoms with Crippen LogP contribution in [0.15, 0.2) is 54.1 Å². The minimum absolute atomic E-state index is 0. The number of nitrogens with zero attached hydrogens (tertiary/aromatic N) is 1. The first-order valence-corrected chi connectivity index (χ1v) is 10.8. The maximum Gasteiger partial charge on any atom is 0.305 e. The van der Waals surface area contributed by atoms with Crippen LogP contribution in [0.1, 0.15) is 32.1 Å². The number of carbonyl (C=O) groups excluding carboxylic acids is 2. The minimum atomic E-state index is -0.206. The van der Waals surface area contributed by atoms with E-state index in [2.05, 4.69) is 15.0 Å². The molecule has 0 aliphatic carbocycles. The molecular formula is C25H35ClN2O4. The molecule has 176 valence electrons. The summed E-state index contributed by atoms with van der Waals surface area (Å²) in [5.41, 5.74) is 0.607. The average molecular weight is 463 g/mol. The highest BCUT2D eigenvalue weighted by molar-refractivity contribution is 5.94. The van der Waals surface area contributed by atoms with Crippen molar-refractivity contribution >= 4 is 35.1 Å². The molecule has 0 bridgehead atoms. The second-order valence-corrected chi connectivity index (χ2v) is 7.73. The number of hydrogen-bond donors (Lipinski definition) is 1. The third kappa shape index (κ3) is 9.71. The molecule has 0 unspecified atom stereocenters. The highest BCUT2D eigenvalue weighted by Crippen LogP contribution is 2.25. The molecule has 0 spiro atoms. The zero-order valence-electron chi connectivity index (χ0n) is 19.3.